The van der Waals surface area contributed by atoms with Gasteiger partial charge in [0, 0.05) is 38.9 Å². The van der Waals surface area contributed by atoms with Crippen molar-refractivity contribution < 1.29 is 14.3 Å². The number of pyridine rings is 1. The first-order valence-electron chi connectivity index (χ1n) is 9.47. The fraction of sp³-hybridized carbons (Fsp3) is 0.684. The first-order chi connectivity index (χ1) is 12.3. The molecule has 6 nitrogen and oxygen atoms in total. The van der Waals surface area contributed by atoms with Crippen LogP contribution >= 0.6 is 0 Å². The molecule has 1 amide bonds. The van der Waals surface area contributed by atoms with E-state index in [4.69, 9.17) is 9.47 Å². The van der Waals surface area contributed by atoms with Gasteiger partial charge in [-0.15, -0.1) is 0 Å². The molecular formula is C19H29N3O3. The van der Waals surface area contributed by atoms with E-state index in [0.29, 0.717) is 26.2 Å². The fourth-order valence-electron chi connectivity index (χ4n) is 3.31. The molecule has 25 heavy (non-hydrogen) atoms. The van der Waals surface area contributed by atoms with Crippen molar-refractivity contribution in [2.24, 2.45) is 0 Å². The number of hydrogen-bond donors (Lipinski definition) is 1. The van der Waals surface area contributed by atoms with E-state index in [1.165, 1.54) is 19.3 Å². The second kappa shape index (κ2) is 9.73. The third-order valence-electron chi connectivity index (χ3n) is 4.78. The Balaban J connectivity index is 1.35. The maximum atomic E-state index is 12.0. The van der Waals surface area contributed by atoms with E-state index in [1.807, 2.05) is 12.3 Å². The molecule has 0 spiro atoms. The number of anilines is 1. The van der Waals surface area contributed by atoms with E-state index >= 15 is 0 Å². The molecule has 1 unspecified atom stereocenters. The SMILES string of the molecule is O=C(CCOCC1CCCO1)NCc1ccnc(N2CCCCC2)c1. The van der Waals surface area contributed by atoms with Gasteiger partial charge < -0.3 is 19.7 Å². The van der Waals surface area contributed by atoms with Crippen molar-refractivity contribution in [2.45, 2.75) is 51.2 Å². The first kappa shape index (κ1) is 18.1. The van der Waals surface area contributed by atoms with Crippen LogP contribution in [0.1, 0.15) is 44.1 Å². The number of rotatable bonds is 8. The van der Waals surface area contributed by atoms with Gasteiger partial charge in [0.15, 0.2) is 0 Å². The van der Waals surface area contributed by atoms with Crippen molar-refractivity contribution in [3.63, 3.8) is 0 Å². The van der Waals surface area contributed by atoms with Crippen LogP contribution < -0.4 is 10.2 Å². The minimum Gasteiger partial charge on any atom is -0.378 e. The molecule has 0 aromatic carbocycles. The number of nitrogens with one attached hydrogen (secondary N) is 1. The molecule has 0 bridgehead atoms. The molecule has 0 radical (unpaired) electrons. The molecule has 2 saturated heterocycles. The van der Waals surface area contributed by atoms with Crippen LogP contribution in [0.5, 0.6) is 0 Å². The van der Waals surface area contributed by atoms with E-state index in [1.54, 1.807) is 0 Å². The first-order valence-corrected chi connectivity index (χ1v) is 9.47. The third-order valence-corrected chi connectivity index (χ3v) is 4.78. The maximum absolute atomic E-state index is 12.0. The van der Waals surface area contributed by atoms with E-state index in [0.717, 1.165) is 43.9 Å². The summed E-state index contributed by atoms with van der Waals surface area (Å²) in [7, 11) is 0. The lowest BCUT2D eigenvalue weighted by Gasteiger charge is -2.27. The van der Waals surface area contributed by atoms with Crippen molar-refractivity contribution in [3.8, 4) is 0 Å². The van der Waals surface area contributed by atoms with Gasteiger partial charge >= 0.3 is 0 Å². The van der Waals surface area contributed by atoms with Crippen molar-refractivity contribution >= 4 is 11.7 Å². The molecule has 3 heterocycles. The van der Waals surface area contributed by atoms with Crippen LogP contribution in [0, 0.1) is 0 Å². The zero-order valence-corrected chi connectivity index (χ0v) is 14.9. The van der Waals surface area contributed by atoms with E-state index in [9.17, 15) is 4.79 Å². The van der Waals surface area contributed by atoms with Crippen LogP contribution in [0.4, 0.5) is 5.82 Å². The smallest absolute Gasteiger partial charge is 0.222 e. The molecule has 1 N–H and O–H groups in total. The van der Waals surface area contributed by atoms with Gasteiger partial charge in [-0.25, -0.2) is 4.98 Å². The van der Waals surface area contributed by atoms with E-state index in [2.05, 4.69) is 21.3 Å². The van der Waals surface area contributed by atoms with Crippen LogP contribution in [0.2, 0.25) is 0 Å². The normalized spacial score (nSPS) is 20.6. The highest BCUT2D eigenvalue weighted by atomic mass is 16.5. The van der Waals surface area contributed by atoms with Crippen LogP contribution in [0.15, 0.2) is 18.3 Å². The van der Waals surface area contributed by atoms with Crippen molar-refractivity contribution in [1.29, 1.82) is 0 Å². The molecule has 138 valence electrons. The number of carbonyl (C=O) groups excluding carboxylic acids is 1. The summed E-state index contributed by atoms with van der Waals surface area (Å²) in [6.07, 6.45) is 8.37. The average molecular weight is 347 g/mol. The summed E-state index contributed by atoms with van der Waals surface area (Å²) in [5, 5.41) is 2.96. The molecule has 1 atom stereocenters. The van der Waals surface area contributed by atoms with Crippen LogP contribution in [-0.2, 0) is 20.8 Å². The van der Waals surface area contributed by atoms with Gasteiger partial charge in [-0.2, -0.15) is 0 Å². The summed E-state index contributed by atoms with van der Waals surface area (Å²) in [5.41, 5.74) is 1.09. The molecule has 0 aliphatic carbocycles. The molecule has 2 fully saturated rings. The molecule has 0 saturated carbocycles. The number of carbonyl (C=O) groups is 1. The Morgan fingerprint density at radius 1 is 1.32 bits per heavy atom. The Morgan fingerprint density at radius 3 is 3.00 bits per heavy atom. The highest BCUT2D eigenvalue weighted by molar-refractivity contribution is 5.75. The number of aromatic nitrogens is 1. The standard InChI is InChI=1S/C19H29N3O3/c23-19(7-12-24-15-17-5-4-11-25-17)21-14-16-6-8-20-18(13-16)22-9-2-1-3-10-22/h6,8,13,17H,1-5,7,9-12,14-15H2,(H,21,23). The number of ether oxygens (including phenoxy) is 2. The third kappa shape index (κ3) is 5.97. The molecular weight excluding hydrogens is 318 g/mol. The largest absolute Gasteiger partial charge is 0.378 e. The zero-order chi connectivity index (χ0) is 17.3. The van der Waals surface area contributed by atoms with Gasteiger partial charge in [0.25, 0.3) is 0 Å². The second-order valence-electron chi connectivity index (χ2n) is 6.81. The quantitative estimate of drug-likeness (QED) is 0.731. The van der Waals surface area contributed by atoms with Crippen LogP contribution in [0.25, 0.3) is 0 Å². The lowest BCUT2D eigenvalue weighted by atomic mass is 10.1. The minimum absolute atomic E-state index is 0.0173. The highest BCUT2D eigenvalue weighted by Gasteiger charge is 2.15. The minimum atomic E-state index is 0.0173. The lowest BCUT2D eigenvalue weighted by molar-refractivity contribution is -0.122. The van der Waals surface area contributed by atoms with Gasteiger partial charge in [0.2, 0.25) is 5.91 Å². The van der Waals surface area contributed by atoms with Gasteiger partial charge in [-0.1, -0.05) is 0 Å². The Bertz CT molecular complexity index is 540. The summed E-state index contributed by atoms with van der Waals surface area (Å²) in [6, 6.07) is 4.04. The Labute approximate surface area is 149 Å². The van der Waals surface area contributed by atoms with Crippen molar-refractivity contribution in [3.05, 3.63) is 23.9 Å². The zero-order valence-electron chi connectivity index (χ0n) is 14.9. The van der Waals surface area contributed by atoms with Crippen LogP contribution in [-0.4, -0.2) is 49.9 Å². The van der Waals surface area contributed by atoms with Gasteiger partial charge in [-0.3, -0.25) is 4.79 Å². The molecule has 1 aromatic rings. The lowest BCUT2D eigenvalue weighted by Crippen LogP contribution is -2.30. The van der Waals surface area contributed by atoms with E-state index < -0.39 is 0 Å². The topological polar surface area (TPSA) is 63.7 Å². The Kier molecular flexibility index (Phi) is 7.06. The number of hydrogen-bond acceptors (Lipinski definition) is 5. The number of amides is 1. The monoisotopic (exact) mass is 347 g/mol. The predicted octanol–water partition coefficient (Wildman–Crippen LogP) is 2.27. The molecule has 2 aliphatic heterocycles. The summed E-state index contributed by atoms with van der Waals surface area (Å²) in [5.74, 6) is 1.04. The molecule has 1 aromatic heterocycles. The maximum Gasteiger partial charge on any atom is 0.222 e. The summed E-state index contributed by atoms with van der Waals surface area (Å²) in [6.45, 7) is 4.56. The summed E-state index contributed by atoms with van der Waals surface area (Å²) < 4.78 is 11.0. The van der Waals surface area contributed by atoms with Gasteiger partial charge in [0.1, 0.15) is 5.82 Å². The predicted molar refractivity (Wildman–Crippen MR) is 96.6 cm³/mol. The number of nitrogens with zero attached hydrogens (tertiary/aromatic N) is 2. The van der Waals surface area contributed by atoms with E-state index in [-0.39, 0.29) is 12.0 Å². The van der Waals surface area contributed by atoms with Gasteiger partial charge in [0.05, 0.1) is 19.3 Å². The summed E-state index contributed by atoms with van der Waals surface area (Å²) >= 11 is 0. The molecule has 3 rings (SSSR count). The van der Waals surface area contributed by atoms with Crippen molar-refractivity contribution in [2.75, 3.05) is 37.8 Å². The number of piperidine rings is 1. The van der Waals surface area contributed by atoms with Crippen molar-refractivity contribution in [1.82, 2.24) is 10.3 Å². The second-order valence-corrected chi connectivity index (χ2v) is 6.81. The van der Waals surface area contributed by atoms with Gasteiger partial charge in [-0.05, 0) is 49.8 Å². The molecule has 6 heteroatoms. The Hall–Kier alpha value is -1.66. The molecule has 2 aliphatic rings. The summed E-state index contributed by atoms with van der Waals surface area (Å²) in [4.78, 5) is 18.7. The van der Waals surface area contributed by atoms with Crippen LogP contribution in [0.3, 0.4) is 0 Å². The Morgan fingerprint density at radius 2 is 2.20 bits per heavy atom. The average Bonchev–Trinajstić information content (AvgIpc) is 3.18. The highest BCUT2D eigenvalue weighted by Crippen LogP contribution is 2.18. The fourth-order valence-corrected chi connectivity index (χ4v) is 3.31.